The maximum Gasteiger partial charge on any atom is 0.224 e. The number of hydrogen-bond acceptors (Lipinski definition) is 2. The quantitative estimate of drug-likeness (QED) is 0.837. The molecule has 0 unspecified atom stereocenters. The Kier molecular flexibility index (Phi) is 5.91. The average molecular weight is 302 g/mol. The molecule has 0 atom stereocenters. The molecule has 0 bridgehead atoms. The molecule has 4 heteroatoms. The van der Waals surface area contributed by atoms with Crippen molar-refractivity contribution in [1.82, 2.24) is 0 Å². The summed E-state index contributed by atoms with van der Waals surface area (Å²) in [4.78, 5) is 11.6. The number of nitrogens with one attached hydrogen (secondary N) is 1. The van der Waals surface area contributed by atoms with Gasteiger partial charge in [-0.15, -0.1) is 0 Å². The van der Waals surface area contributed by atoms with Gasteiger partial charge < -0.3 is 5.32 Å². The summed E-state index contributed by atoms with van der Waals surface area (Å²) in [7, 11) is 0. The van der Waals surface area contributed by atoms with Crippen LogP contribution in [0.15, 0.2) is 22.7 Å². The van der Waals surface area contributed by atoms with Crippen molar-refractivity contribution in [3.63, 3.8) is 0 Å². The van der Waals surface area contributed by atoms with Gasteiger partial charge in [0.05, 0.1) is 0 Å². The van der Waals surface area contributed by atoms with E-state index < -0.39 is 0 Å². The second kappa shape index (κ2) is 6.97. The summed E-state index contributed by atoms with van der Waals surface area (Å²) in [6, 6.07) is 5.83. The van der Waals surface area contributed by atoms with E-state index in [0.29, 0.717) is 6.42 Å². The van der Waals surface area contributed by atoms with Crippen LogP contribution >= 0.6 is 27.7 Å². The van der Waals surface area contributed by atoms with Gasteiger partial charge in [0.1, 0.15) is 0 Å². The Labute approximate surface area is 109 Å². The molecular weight excluding hydrogens is 286 g/mol. The van der Waals surface area contributed by atoms with Gasteiger partial charge in [0.25, 0.3) is 0 Å². The fraction of sp³-hybridized carbons (Fsp3) is 0.417. The van der Waals surface area contributed by atoms with Crippen molar-refractivity contribution in [2.45, 2.75) is 19.8 Å². The van der Waals surface area contributed by atoms with Crippen LogP contribution in [0.2, 0.25) is 0 Å². The van der Waals surface area contributed by atoms with Crippen LogP contribution < -0.4 is 5.32 Å². The molecule has 0 aliphatic carbocycles. The van der Waals surface area contributed by atoms with E-state index in [1.165, 1.54) is 0 Å². The van der Waals surface area contributed by atoms with Crippen LogP contribution in [-0.2, 0) is 4.79 Å². The second-order valence-corrected chi connectivity index (χ2v) is 5.45. The Bertz CT molecular complexity index is 368. The lowest BCUT2D eigenvalue weighted by molar-refractivity contribution is -0.116. The lowest BCUT2D eigenvalue weighted by Gasteiger charge is -2.06. The standard InChI is InChI=1S/C12H16BrNOS/c1-9-8-10(5-6-11(9)13)14-12(15)4-3-7-16-2/h5-6,8H,3-4,7H2,1-2H3,(H,14,15). The molecule has 0 heterocycles. The lowest BCUT2D eigenvalue weighted by atomic mass is 10.2. The van der Waals surface area contributed by atoms with Crippen molar-refractivity contribution in [2.24, 2.45) is 0 Å². The van der Waals surface area contributed by atoms with Crippen molar-refractivity contribution in [2.75, 3.05) is 17.3 Å². The fourth-order valence-electron chi connectivity index (χ4n) is 1.32. The lowest BCUT2D eigenvalue weighted by Crippen LogP contribution is -2.11. The molecule has 1 N–H and O–H groups in total. The van der Waals surface area contributed by atoms with Gasteiger partial charge in [-0.1, -0.05) is 15.9 Å². The molecule has 2 nitrogen and oxygen atoms in total. The SMILES string of the molecule is CSCCCC(=O)Nc1ccc(Br)c(C)c1. The number of hydrogen-bond donors (Lipinski definition) is 1. The van der Waals surface area contributed by atoms with Gasteiger partial charge in [-0.05, 0) is 49.1 Å². The Morgan fingerprint density at radius 2 is 2.25 bits per heavy atom. The topological polar surface area (TPSA) is 29.1 Å². The highest BCUT2D eigenvalue weighted by molar-refractivity contribution is 9.10. The molecule has 0 saturated heterocycles. The molecule has 1 rings (SSSR count). The molecule has 0 aromatic heterocycles. The zero-order valence-electron chi connectivity index (χ0n) is 9.55. The van der Waals surface area contributed by atoms with Gasteiger partial charge in [-0.3, -0.25) is 4.79 Å². The van der Waals surface area contributed by atoms with Crippen LogP contribution in [0.4, 0.5) is 5.69 Å². The van der Waals surface area contributed by atoms with Crippen LogP contribution in [0, 0.1) is 6.92 Å². The molecule has 0 radical (unpaired) electrons. The van der Waals surface area contributed by atoms with Crippen molar-refractivity contribution >= 4 is 39.3 Å². The minimum atomic E-state index is 0.0933. The summed E-state index contributed by atoms with van der Waals surface area (Å²) in [5, 5.41) is 2.90. The van der Waals surface area contributed by atoms with Crippen molar-refractivity contribution in [3.8, 4) is 0 Å². The Morgan fingerprint density at radius 3 is 2.88 bits per heavy atom. The molecule has 1 amide bonds. The number of rotatable bonds is 5. The summed E-state index contributed by atoms with van der Waals surface area (Å²) < 4.78 is 1.06. The van der Waals surface area contributed by atoms with E-state index in [9.17, 15) is 4.79 Å². The minimum Gasteiger partial charge on any atom is -0.326 e. The first-order chi connectivity index (χ1) is 7.63. The third kappa shape index (κ3) is 4.58. The second-order valence-electron chi connectivity index (χ2n) is 3.61. The monoisotopic (exact) mass is 301 g/mol. The third-order valence-corrected chi connectivity index (χ3v) is 3.78. The van der Waals surface area contributed by atoms with Gasteiger partial charge in [0.2, 0.25) is 5.91 Å². The van der Waals surface area contributed by atoms with Gasteiger partial charge in [0, 0.05) is 16.6 Å². The molecule has 0 aliphatic rings. The molecule has 88 valence electrons. The van der Waals surface area contributed by atoms with E-state index in [-0.39, 0.29) is 5.91 Å². The Balaban J connectivity index is 2.46. The normalized spacial score (nSPS) is 10.2. The van der Waals surface area contributed by atoms with E-state index >= 15 is 0 Å². The largest absolute Gasteiger partial charge is 0.326 e. The number of aryl methyl sites for hydroxylation is 1. The van der Waals surface area contributed by atoms with E-state index in [2.05, 4.69) is 27.5 Å². The fourth-order valence-corrected chi connectivity index (χ4v) is 2.00. The third-order valence-electron chi connectivity index (χ3n) is 2.19. The molecule has 0 aliphatic heterocycles. The van der Waals surface area contributed by atoms with E-state index in [1.54, 1.807) is 11.8 Å². The first kappa shape index (κ1) is 13.6. The first-order valence-electron chi connectivity index (χ1n) is 5.18. The van der Waals surface area contributed by atoms with Crippen molar-refractivity contribution in [1.29, 1.82) is 0 Å². The van der Waals surface area contributed by atoms with Crippen LogP contribution in [0.25, 0.3) is 0 Å². The highest BCUT2D eigenvalue weighted by atomic mass is 79.9. The van der Waals surface area contributed by atoms with E-state index in [0.717, 1.165) is 27.9 Å². The number of benzene rings is 1. The first-order valence-corrected chi connectivity index (χ1v) is 7.37. The Hall–Kier alpha value is -0.480. The molecule has 1 aromatic rings. The molecular formula is C12H16BrNOS. The highest BCUT2D eigenvalue weighted by Gasteiger charge is 2.03. The maximum absolute atomic E-state index is 11.6. The highest BCUT2D eigenvalue weighted by Crippen LogP contribution is 2.20. The zero-order chi connectivity index (χ0) is 12.0. The number of thioether (sulfide) groups is 1. The average Bonchev–Trinajstić information content (AvgIpc) is 2.24. The number of halogens is 1. The molecule has 0 fully saturated rings. The summed E-state index contributed by atoms with van der Waals surface area (Å²) >= 11 is 5.20. The van der Waals surface area contributed by atoms with Gasteiger partial charge in [-0.2, -0.15) is 11.8 Å². The molecule has 0 saturated carbocycles. The molecule has 16 heavy (non-hydrogen) atoms. The van der Waals surface area contributed by atoms with Crippen LogP contribution in [0.5, 0.6) is 0 Å². The Morgan fingerprint density at radius 1 is 1.50 bits per heavy atom. The van der Waals surface area contributed by atoms with E-state index in [4.69, 9.17) is 0 Å². The van der Waals surface area contributed by atoms with Crippen molar-refractivity contribution < 1.29 is 4.79 Å². The summed E-state index contributed by atoms with van der Waals surface area (Å²) in [5.41, 5.74) is 2.00. The summed E-state index contributed by atoms with van der Waals surface area (Å²) in [6.07, 6.45) is 3.58. The van der Waals surface area contributed by atoms with Crippen LogP contribution in [0.1, 0.15) is 18.4 Å². The van der Waals surface area contributed by atoms with Crippen LogP contribution in [0.3, 0.4) is 0 Å². The summed E-state index contributed by atoms with van der Waals surface area (Å²) in [6.45, 7) is 2.01. The smallest absolute Gasteiger partial charge is 0.224 e. The van der Waals surface area contributed by atoms with E-state index in [1.807, 2.05) is 25.1 Å². The van der Waals surface area contributed by atoms with Gasteiger partial charge in [0.15, 0.2) is 0 Å². The van der Waals surface area contributed by atoms with Crippen LogP contribution in [-0.4, -0.2) is 17.9 Å². The van der Waals surface area contributed by atoms with Crippen molar-refractivity contribution in [3.05, 3.63) is 28.2 Å². The summed E-state index contributed by atoms with van der Waals surface area (Å²) in [5.74, 6) is 1.13. The number of carbonyl (C=O) groups is 1. The maximum atomic E-state index is 11.6. The number of carbonyl (C=O) groups excluding carboxylic acids is 1. The predicted octanol–water partition coefficient (Wildman–Crippen LogP) is 3.84. The molecule has 0 spiro atoms. The minimum absolute atomic E-state index is 0.0933. The predicted molar refractivity (Wildman–Crippen MR) is 75.1 cm³/mol. The zero-order valence-corrected chi connectivity index (χ0v) is 12.0. The van der Waals surface area contributed by atoms with Gasteiger partial charge in [-0.25, -0.2) is 0 Å². The number of amides is 1. The molecule has 1 aromatic carbocycles. The number of anilines is 1. The van der Waals surface area contributed by atoms with Gasteiger partial charge >= 0.3 is 0 Å².